The lowest BCUT2D eigenvalue weighted by molar-refractivity contribution is 0.169. The SMILES string of the molecule is C=C(C)C[C@@H](c1ccc(OC)cc1F)N1CCNCC1. The maximum absolute atomic E-state index is 14.3. The van der Waals surface area contributed by atoms with Crippen LogP contribution in [-0.2, 0) is 0 Å². The third-order valence-corrected chi connectivity index (χ3v) is 3.70. The molecule has 1 heterocycles. The first-order valence-electron chi connectivity index (χ1n) is 7.04. The van der Waals surface area contributed by atoms with Crippen LogP contribution in [0.5, 0.6) is 5.75 Å². The van der Waals surface area contributed by atoms with Crippen LogP contribution in [0.4, 0.5) is 4.39 Å². The third-order valence-electron chi connectivity index (χ3n) is 3.70. The molecule has 0 bridgehead atoms. The third kappa shape index (κ3) is 3.58. The van der Waals surface area contributed by atoms with Crippen LogP contribution in [0.3, 0.4) is 0 Å². The molecule has 0 unspecified atom stereocenters. The van der Waals surface area contributed by atoms with Crippen molar-refractivity contribution in [2.24, 2.45) is 0 Å². The Balaban J connectivity index is 2.27. The Kier molecular flexibility index (Phi) is 5.15. The fourth-order valence-corrected chi connectivity index (χ4v) is 2.66. The van der Waals surface area contributed by atoms with Crippen molar-refractivity contribution in [3.8, 4) is 5.75 Å². The van der Waals surface area contributed by atoms with Crippen molar-refractivity contribution < 1.29 is 9.13 Å². The van der Waals surface area contributed by atoms with Gasteiger partial charge in [0.05, 0.1) is 7.11 Å². The number of piperazine rings is 1. The van der Waals surface area contributed by atoms with Crippen LogP contribution in [0, 0.1) is 5.82 Å². The first-order valence-corrected chi connectivity index (χ1v) is 7.04. The smallest absolute Gasteiger partial charge is 0.131 e. The van der Waals surface area contributed by atoms with E-state index in [0.29, 0.717) is 5.75 Å². The minimum absolute atomic E-state index is 0.0560. The van der Waals surface area contributed by atoms with Crippen molar-refractivity contribution >= 4 is 0 Å². The van der Waals surface area contributed by atoms with E-state index in [1.54, 1.807) is 7.11 Å². The van der Waals surface area contributed by atoms with Gasteiger partial charge in [0.25, 0.3) is 0 Å². The Hall–Kier alpha value is -1.39. The van der Waals surface area contributed by atoms with Crippen LogP contribution >= 0.6 is 0 Å². The summed E-state index contributed by atoms with van der Waals surface area (Å²) in [6.07, 6.45) is 0.781. The highest BCUT2D eigenvalue weighted by atomic mass is 19.1. The molecule has 1 N–H and O–H groups in total. The standard InChI is InChI=1S/C16H23FN2O/c1-12(2)10-16(19-8-6-18-7-9-19)14-5-4-13(20-3)11-15(14)17/h4-5,11,16,18H,1,6-10H2,2-3H3/t16-/m0/s1. The van der Waals surface area contributed by atoms with Gasteiger partial charge < -0.3 is 10.1 Å². The van der Waals surface area contributed by atoms with Gasteiger partial charge in [0, 0.05) is 43.9 Å². The van der Waals surface area contributed by atoms with Crippen molar-refractivity contribution in [1.82, 2.24) is 10.2 Å². The lowest BCUT2D eigenvalue weighted by Gasteiger charge is -2.35. The topological polar surface area (TPSA) is 24.5 Å². The summed E-state index contributed by atoms with van der Waals surface area (Å²) < 4.78 is 19.4. The second kappa shape index (κ2) is 6.86. The molecular weight excluding hydrogens is 255 g/mol. The van der Waals surface area contributed by atoms with Crippen molar-refractivity contribution in [2.45, 2.75) is 19.4 Å². The molecule has 1 aromatic rings. The van der Waals surface area contributed by atoms with Crippen LogP contribution in [0.15, 0.2) is 30.4 Å². The van der Waals surface area contributed by atoms with Gasteiger partial charge in [-0.1, -0.05) is 11.6 Å². The molecule has 110 valence electrons. The summed E-state index contributed by atoms with van der Waals surface area (Å²) >= 11 is 0. The molecule has 1 aliphatic heterocycles. The van der Waals surface area contributed by atoms with Gasteiger partial charge in [-0.3, -0.25) is 4.90 Å². The summed E-state index contributed by atoms with van der Waals surface area (Å²) in [4.78, 5) is 2.33. The quantitative estimate of drug-likeness (QED) is 0.838. The predicted molar refractivity (Wildman–Crippen MR) is 79.6 cm³/mol. The van der Waals surface area contributed by atoms with E-state index in [1.165, 1.54) is 6.07 Å². The Morgan fingerprint density at radius 2 is 2.15 bits per heavy atom. The second-order valence-corrected chi connectivity index (χ2v) is 5.35. The normalized spacial score (nSPS) is 17.8. The van der Waals surface area contributed by atoms with E-state index in [-0.39, 0.29) is 11.9 Å². The van der Waals surface area contributed by atoms with Gasteiger partial charge in [-0.2, -0.15) is 0 Å². The van der Waals surface area contributed by atoms with Crippen molar-refractivity contribution in [3.63, 3.8) is 0 Å². The molecule has 0 spiro atoms. The molecule has 1 fully saturated rings. The van der Waals surface area contributed by atoms with Crippen LogP contribution in [-0.4, -0.2) is 38.2 Å². The lowest BCUT2D eigenvalue weighted by atomic mass is 9.97. The molecule has 0 saturated carbocycles. The van der Waals surface area contributed by atoms with E-state index in [9.17, 15) is 4.39 Å². The zero-order valence-electron chi connectivity index (χ0n) is 12.3. The zero-order chi connectivity index (χ0) is 14.5. The van der Waals surface area contributed by atoms with E-state index < -0.39 is 0 Å². The monoisotopic (exact) mass is 278 g/mol. The van der Waals surface area contributed by atoms with Gasteiger partial charge in [-0.05, 0) is 19.4 Å². The molecule has 4 heteroatoms. The second-order valence-electron chi connectivity index (χ2n) is 5.35. The molecule has 0 aliphatic carbocycles. The fourth-order valence-electron chi connectivity index (χ4n) is 2.66. The van der Waals surface area contributed by atoms with E-state index in [2.05, 4.69) is 16.8 Å². The highest BCUT2D eigenvalue weighted by Crippen LogP contribution is 2.31. The first-order chi connectivity index (χ1) is 9.61. The Bertz CT molecular complexity index is 470. The minimum Gasteiger partial charge on any atom is -0.497 e. The number of halogens is 1. The van der Waals surface area contributed by atoms with Gasteiger partial charge in [-0.15, -0.1) is 6.58 Å². The van der Waals surface area contributed by atoms with Crippen LogP contribution in [0.1, 0.15) is 24.9 Å². The highest BCUT2D eigenvalue weighted by molar-refractivity contribution is 5.31. The summed E-state index contributed by atoms with van der Waals surface area (Å²) in [5.41, 5.74) is 1.81. The predicted octanol–water partition coefficient (Wildman–Crippen LogP) is 2.75. The average Bonchev–Trinajstić information content (AvgIpc) is 2.45. The van der Waals surface area contributed by atoms with Gasteiger partial charge in [0.15, 0.2) is 0 Å². The zero-order valence-corrected chi connectivity index (χ0v) is 12.3. The number of rotatable bonds is 5. The lowest BCUT2D eigenvalue weighted by Crippen LogP contribution is -2.45. The number of ether oxygens (including phenoxy) is 1. The number of hydrogen-bond acceptors (Lipinski definition) is 3. The maximum atomic E-state index is 14.3. The molecule has 0 radical (unpaired) electrons. The number of nitrogens with one attached hydrogen (secondary N) is 1. The van der Waals surface area contributed by atoms with Crippen molar-refractivity contribution in [3.05, 3.63) is 41.7 Å². The van der Waals surface area contributed by atoms with E-state index in [1.807, 2.05) is 19.1 Å². The van der Waals surface area contributed by atoms with Gasteiger partial charge in [0.2, 0.25) is 0 Å². The largest absolute Gasteiger partial charge is 0.497 e. The van der Waals surface area contributed by atoms with Crippen molar-refractivity contribution in [2.75, 3.05) is 33.3 Å². The fraction of sp³-hybridized carbons (Fsp3) is 0.500. The van der Waals surface area contributed by atoms with Gasteiger partial charge in [0.1, 0.15) is 11.6 Å². The van der Waals surface area contributed by atoms with Crippen LogP contribution < -0.4 is 10.1 Å². The number of hydrogen-bond donors (Lipinski definition) is 1. The first kappa shape index (κ1) is 15.0. The molecule has 1 saturated heterocycles. The summed E-state index contributed by atoms with van der Waals surface area (Å²) in [6.45, 7) is 9.75. The molecule has 20 heavy (non-hydrogen) atoms. The van der Waals surface area contributed by atoms with Crippen LogP contribution in [0.25, 0.3) is 0 Å². The average molecular weight is 278 g/mol. The molecule has 1 aliphatic rings. The Morgan fingerprint density at radius 3 is 2.70 bits per heavy atom. The summed E-state index contributed by atoms with van der Waals surface area (Å²) in [5, 5.41) is 3.33. The number of benzene rings is 1. The summed E-state index contributed by atoms with van der Waals surface area (Å²) in [7, 11) is 1.55. The molecule has 0 amide bonds. The highest BCUT2D eigenvalue weighted by Gasteiger charge is 2.24. The van der Waals surface area contributed by atoms with E-state index in [4.69, 9.17) is 4.74 Å². The Morgan fingerprint density at radius 1 is 1.45 bits per heavy atom. The minimum atomic E-state index is -0.200. The molecule has 3 nitrogen and oxygen atoms in total. The maximum Gasteiger partial charge on any atom is 0.131 e. The van der Waals surface area contributed by atoms with E-state index in [0.717, 1.165) is 43.7 Å². The van der Waals surface area contributed by atoms with Gasteiger partial charge in [-0.25, -0.2) is 4.39 Å². The summed E-state index contributed by atoms with van der Waals surface area (Å²) in [5.74, 6) is 0.356. The van der Waals surface area contributed by atoms with Crippen LogP contribution in [0.2, 0.25) is 0 Å². The molecule has 2 rings (SSSR count). The number of methoxy groups -OCH3 is 1. The molecule has 1 aromatic carbocycles. The summed E-state index contributed by atoms with van der Waals surface area (Å²) in [6, 6.07) is 5.18. The molecular formula is C16H23FN2O. The van der Waals surface area contributed by atoms with E-state index >= 15 is 0 Å². The molecule has 0 aromatic heterocycles. The number of nitrogens with zero attached hydrogens (tertiary/aromatic N) is 1. The Labute approximate surface area is 120 Å². The molecule has 1 atom stereocenters. The van der Waals surface area contributed by atoms with Crippen molar-refractivity contribution in [1.29, 1.82) is 0 Å². The van der Waals surface area contributed by atoms with Gasteiger partial charge >= 0.3 is 0 Å².